The van der Waals surface area contributed by atoms with E-state index >= 15 is 0 Å². The summed E-state index contributed by atoms with van der Waals surface area (Å²) in [6.45, 7) is 3.77. The molecule has 2 aromatic carbocycles. The van der Waals surface area contributed by atoms with Gasteiger partial charge in [-0.3, -0.25) is 0 Å². The van der Waals surface area contributed by atoms with E-state index in [9.17, 15) is 12.8 Å². The second-order valence-electron chi connectivity index (χ2n) is 6.45. The second kappa shape index (κ2) is 6.93. The number of benzene rings is 2. The minimum atomic E-state index is -3.75. The zero-order valence-corrected chi connectivity index (χ0v) is 15.4. The van der Waals surface area contributed by atoms with Crippen molar-refractivity contribution in [3.05, 3.63) is 77.1 Å². The molecule has 1 aliphatic carbocycles. The first-order chi connectivity index (χ1) is 11.9. The van der Waals surface area contributed by atoms with Gasteiger partial charge in [-0.15, -0.1) is 6.58 Å². The smallest absolute Gasteiger partial charge is 0.188 e. The minimum Gasteiger partial charge on any atom is -0.223 e. The summed E-state index contributed by atoms with van der Waals surface area (Å²) in [5.41, 5.74) is 1.47. The Hall–Kier alpha value is -1.65. The van der Waals surface area contributed by atoms with Crippen molar-refractivity contribution >= 4 is 21.4 Å². The lowest BCUT2D eigenvalue weighted by Crippen LogP contribution is -2.36. The van der Waals surface area contributed by atoms with Gasteiger partial charge in [-0.2, -0.15) is 0 Å². The first-order valence-electron chi connectivity index (χ1n) is 8.31. The molecule has 25 heavy (non-hydrogen) atoms. The van der Waals surface area contributed by atoms with Crippen LogP contribution in [0.1, 0.15) is 36.8 Å². The number of fused-ring (bicyclic) bond motifs is 1. The highest BCUT2D eigenvalue weighted by Gasteiger charge is 2.47. The van der Waals surface area contributed by atoms with Crippen LogP contribution in [-0.2, 0) is 21.0 Å². The van der Waals surface area contributed by atoms with E-state index in [1.165, 1.54) is 24.3 Å². The van der Waals surface area contributed by atoms with E-state index in [1.54, 1.807) is 24.3 Å². The Morgan fingerprint density at radius 1 is 1.16 bits per heavy atom. The third-order valence-electron chi connectivity index (χ3n) is 4.95. The van der Waals surface area contributed by atoms with Crippen molar-refractivity contribution in [3.8, 4) is 0 Å². The van der Waals surface area contributed by atoms with Gasteiger partial charge in [0.25, 0.3) is 0 Å². The maximum Gasteiger partial charge on any atom is 0.188 e. The third-order valence-corrected chi connectivity index (χ3v) is 7.72. The lowest BCUT2D eigenvalue weighted by Gasteiger charge is -2.33. The zero-order valence-electron chi connectivity index (χ0n) is 13.8. The minimum absolute atomic E-state index is 0.205. The van der Waals surface area contributed by atoms with Crippen molar-refractivity contribution in [2.75, 3.05) is 0 Å². The molecule has 3 rings (SSSR count). The molecule has 1 atom stereocenters. The summed E-state index contributed by atoms with van der Waals surface area (Å²) in [7, 11) is -3.75. The molecule has 2 nitrogen and oxygen atoms in total. The number of aryl methyl sites for hydroxylation is 1. The fourth-order valence-electron chi connectivity index (χ4n) is 3.72. The molecule has 0 spiro atoms. The van der Waals surface area contributed by atoms with Crippen LogP contribution >= 0.6 is 11.6 Å². The number of allylic oxidation sites excluding steroid dienone is 1. The molecule has 132 valence electrons. The number of halogens is 2. The molecular weight excluding hydrogens is 359 g/mol. The van der Waals surface area contributed by atoms with Gasteiger partial charge in [0.15, 0.2) is 9.84 Å². The molecule has 0 aliphatic heterocycles. The molecule has 0 bridgehead atoms. The summed E-state index contributed by atoms with van der Waals surface area (Å²) in [5, 5.41) is 0.476. The van der Waals surface area contributed by atoms with Crippen LogP contribution in [0.5, 0.6) is 0 Å². The van der Waals surface area contributed by atoms with Crippen molar-refractivity contribution in [2.45, 2.75) is 41.7 Å². The maximum absolute atomic E-state index is 14.0. The lowest BCUT2D eigenvalue weighted by molar-refractivity contribution is 0.483. The molecule has 5 heteroatoms. The van der Waals surface area contributed by atoms with Gasteiger partial charge in [0.1, 0.15) is 10.6 Å². The van der Waals surface area contributed by atoms with E-state index < -0.39 is 20.4 Å². The lowest BCUT2D eigenvalue weighted by atomic mass is 9.88. The Bertz CT molecular complexity index is 890. The summed E-state index contributed by atoms with van der Waals surface area (Å²) in [4.78, 5) is 0.205. The van der Waals surface area contributed by atoms with Crippen molar-refractivity contribution < 1.29 is 12.8 Å². The van der Waals surface area contributed by atoms with Crippen LogP contribution < -0.4 is 0 Å². The molecular formula is C20H20ClFO2S. The van der Waals surface area contributed by atoms with E-state index in [1.807, 2.05) is 0 Å². The van der Waals surface area contributed by atoms with Crippen LogP contribution in [0.25, 0.3) is 0 Å². The van der Waals surface area contributed by atoms with Crippen molar-refractivity contribution in [1.82, 2.24) is 0 Å². The molecule has 0 aromatic heterocycles. The molecule has 1 unspecified atom stereocenters. The van der Waals surface area contributed by atoms with Gasteiger partial charge in [-0.25, -0.2) is 12.8 Å². The molecule has 0 saturated heterocycles. The predicted octanol–water partition coefficient (Wildman–Crippen LogP) is 5.45. The van der Waals surface area contributed by atoms with Gasteiger partial charge in [-0.1, -0.05) is 30.2 Å². The monoisotopic (exact) mass is 378 g/mol. The Morgan fingerprint density at radius 3 is 2.56 bits per heavy atom. The van der Waals surface area contributed by atoms with Crippen molar-refractivity contribution in [2.24, 2.45) is 0 Å². The Balaban J connectivity index is 2.28. The third kappa shape index (κ3) is 3.13. The van der Waals surface area contributed by atoms with E-state index in [0.717, 1.165) is 24.8 Å². The number of hydrogen-bond acceptors (Lipinski definition) is 2. The van der Waals surface area contributed by atoms with Crippen molar-refractivity contribution in [1.29, 1.82) is 0 Å². The number of hydrogen-bond donors (Lipinski definition) is 0. The highest BCUT2D eigenvalue weighted by atomic mass is 35.5. The molecule has 0 radical (unpaired) electrons. The largest absolute Gasteiger partial charge is 0.223 e. The number of sulfone groups is 1. The Kier molecular flexibility index (Phi) is 5.03. The van der Waals surface area contributed by atoms with Gasteiger partial charge in [0.05, 0.1) is 4.90 Å². The molecule has 0 N–H and O–H groups in total. The highest BCUT2D eigenvalue weighted by Crippen LogP contribution is 2.46. The molecule has 0 amide bonds. The summed E-state index contributed by atoms with van der Waals surface area (Å²) in [5.74, 6) is -0.416. The average Bonchev–Trinajstić information content (AvgIpc) is 2.76. The molecule has 0 saturated carbocycles. The summed E-state index contributed by atoms with van der Waals surface area (Å²) in [6.07, 6.45) is 4.71. The SMILES string of the molecule is C=CCC1(S(=O)(=O)c2ccc(Cl)cc2)CCCCc2ccc(F)cc21. The predicted molar refractivity (Wildman–Crippen MR) is 99.1 cm³/mol. The normalized spacial score (nSPS) is 20.6. The number of rotatable bonds is 4. The van der Waals surface area contributed by atoms with E-state index in [2.05, 4.69) is 6.58 Å². The van der Waals surface area contributed by atoms with Gasteiger partial charge < -0.3 is 0 Å². The van der Waals surface area contributed by atoms with Gasteiger partial charge in [0, 0.05) is 5.02 Å². The quantitative estimate of drug-likeness (QED) is 0.523. The van der Waals surface area contributed by atoms with Crippen molar-refractivity contribution in [3.63, 3.8) is 0 Å². The van der Waals surface area contributed by atoms with Gasteiger partial charge >= 0.3 is 0 Å². The summed E-state index contributed by atoms with van der Waals surface area (Å²) >= 11 is 5.91. The average molecular weight is 379 g/mol. The summed E-state index contributed by atoms with van der Waals surface area (Å²) in [6, 6.07) is 10.7. The zero-order chi connectivity index (χ0) is 18.1. The van der Waals surface area contributed by atoms with Crippen LogP contribution in [0.15, 0.2) is 60.0 Å². The summed E-state index contributed by atoms with van der Waals surface area (Å²) < 4.78 is 40.1. The fraction of sp³-hybridized carbons (Fsp3) is 0.300. The highest BCUT2D eigenvalue weighted by molar-refractivity contribution is 7.92. The topological polar surface area (TPSA) is 34.1 Å². The van der Waals surface area contributed by atoms with E-state index in [4.69, 9.17) is 11.6 Å². The van der Waals surface area contributed by atoms with Crippen LogP contribution in [0.4, 0.5) is 4.39 Å². The molecule has 1 aliphatic rings. The molecule has 0 heterocycles. The van der Waals surface area contributed by atoms with Crippen LogP contribution in [0.2, 0.25) is 5.02 Å². The maximum atomic E-state index is 14.0. The van der Waals surface area contributed by atoms with E-state index in [-0.39, 0.29) is 11.3 Å². The van der Waals surface area contributed by atoms with Crippen LogP contribution in [-0.4, -0.2) is 8.42 Å². The first-order valence-corrected chi connectivity index (χ1v) is 10.2. The van der Waals surface area contributed by atoms with Gasteiger partial charge in [-0.05, 0) is 73.2 Å². The fourth-order valence-corrected chi connectivity index (χ4v) is 6.03. The van der Waals surface area contributed by atoms with E-state index in [0.29, 0.717) is 17.0 Å². The molecule has 2 aromatic rings. The molecule has 0 fully saturated rings. The standard InChI is InChI=1S/C20H20ClFO2S/c1-2-12-20(25(23,24)18-10-7-16(21)8-11-18)13-4-3-5-15-6-9-17(22)14-19(15)20/h2,6-11,14H,1,3-5,12-13H2. The van der Waals surface area contributed by atoms with Gasteiger partial charge in [0.2, 0.25) is 0 Å². The Morgan fingerprint density at radius 2 is 1.88 bits per heavy atom. The Labute approximate surface area is 153 Å². The van der Waals surface area contributed by atoms with Crippen LogP contribution in [0.3, 0.4) is 0 Å². The van der Waals surface area contributed by atoms with Crippen LogP contribution in [0, 0.1) is 5.82 Å². The second-order valence-corrected chi connectivity index (χ2v) is 9.15. The first kappa shape index (κ1) is 18.2.